The van der Waals surface area contributed by atoms with Gasteiger partial charge in [-0.3, -0.25) is 15.5 Å². The minimum Gasteiger partial charge on any atom is -0.492 e. The summed E-state index contributed by atoms with van der Waals surface area (Å²) in [7, 11) is 0. The van der Waals surface area contributed by atoms with Crippen molar-refractivity contribution in [3.05, 3.63) is 65.5 Å². The van der Waals surface area contributed by atoms with E-state index in [0.29, 0.717) is 24.0 Å². The number of pyridine rings is 1. The van der Waals surface area contributed by atoms with Crippen LogP contribution in [0.15, 0.2) is 53.2 Å². The second kappa shape index (κ2) is 11.7. The summed E-state index contributed by atoms with van der Waals surface area (Å²) in [6, 6.07) is 12.4. The molecule has 1 aliphatic rings. The molecule has 0 aliphatic carbocycles. The third-order valence-corrected chi connectivity index (χ3v) is 5.48. The van der Waals surface area contributed by atoms with Gasteiger partial charge in [0.2, 0.25) is 0 Å². The quantitative estimate of drug-likeness (QED) is 0.502. The maximum atomic E-state index is 12.2. The molecule has 36 heavy (non-hydrogen) atoms. The van der Waals surface area contributed by atoms with E-state index in [0.717, 1.165) is 49.7 Å². The molecule has 2 N–H and O–H groups in total. The smallest absolute Gasteiger partial charge is 0.326 e. The Morgan fingerprint density at radius 3 is 2.39 bits per heavy atom. The van der Waals surface area contributed by atoms with E-state index in [2.05, 4.69) is 37.5 Å². The summed E-state index contributed by atoms with van der Waals surface area (Å²) in [5.41, 5.74) is 1.42. The average Bonchev–Trinajstić information content (AvgIpc) is 3.34. The molecule has 0 bridgehead atoms. The SMILES string of the molecule is CC(C)(C)c1cc(NC(=O)Nc2ccc(C#Cc3ccc(OCCN4CCOCC4)cc3)cn2)no1. The van der Waals surface area contributed by atoms with Crippen LogP contribution in [-0.2, 0) is 10.2 Å². The summed E-state index contributed by atoms with van der Waals surface area (Å²) in [5.74, 6) is 8.45. The average molecular weight is 490 g/mol. The number of aromatic nitrogens is 2. The number of hydrogen-bond donors (Lipinski definition) is 2. The number of ether oxygens (including phenoxy) is 2. The molecule has 3 aromatic rings. The lowest BCUT2D eigenvalue weighted by molar-refractivity contribution is 0.0322. The fourth-order valence-electron chi connectivity index (χ4n) is 3.39. The molecule has 9 heteroatoms. The molecule has 188 valence electrons. The van der Waals surface area contributed by atoms with Gasteiger partial charge in [-0.15, -0.1) is 0 Å². The van der Waals surface area contributed by atoms with Gasteiger partial charge in [0.25, 0.3) is 0 Å². The van der Waals surface area contributed by atoms with E-state index < -0.39 is 6.03 Å². The number of nitrogens with one attached hydrogen (secondary N) is 2. The van der Waals surface area contributed by atoms with Gasteiger partial charge < -0.3 is 14.0 Å². The highest BCUT2D eigenvalue weighted by Crippen LogP contribution is 2.24. The molecule has 0 unspecified atom stereocenters. The molecule has 9 nitrogen and oxygen atoms in total. The van der Waals surface area contributed by atoms with Crippen LogP contribution >= 0.6 is 0 Å². The van der Waals surface area contributed by atoms with Crippen molar-refractivity contribution in [2.75, 3.05) is 50.1 Å². The number of carbonyl (C=O) groups is 1. The van der Waals surface area contributed by atoms with Crippen molar-refractivity contribution in [1.82, 2.24) is 15.0 Å². The molecule has 0 spiro atoms. The number of urea groups is 1. The Morgan fingerprint density at radius 1 is 1.03 bits per heavy atom. The van der Waals surface area contributed by atoms with Crippen molar-refractivity contribution >= 4 is 17.7 Å². The lowest BCUT2D eigenvalue weighted by atomic mass is 9.93. The molecule has 1 aliphatic heterocycles. The van der Waals surface area contributed by atoms with Gasteiger partial charge >= 0.3 is 6.03 Å². The number of carbonyl (C=O) groups excluding carboxylic acids is 1. The predicted octanol–water partition coefficient (Wildman–Crippen LogP) is 4.12. The molecule has 3 heterocycles. The monoisotopic (exact) mass is 489 g/mol. The number of nitrogens with zero attached hydrogens (tertiary/aromatic N) is 3. The van der Waals surface area contributed by atoms with Gasteiger partial charge in [0.15, 0.2) is 5.82 Å². The number of rotatable bonds is 6. The van der Waals surface area contributed by atoms with Gasteiger partial charge in [0.1, 0.15) is 23.9 Å². The zero-order valence-electron chi connectivity index (χ0n) is 20.8. The predicted molar refractivity (Wildman–Crippen MR) is 137 cm³/mol. The Labute approximate surface area is 211 Å². The number of benzene rings is 1. The highest BCUT2D eigenvalue weighted by atomic mass is 16.5. The molecule has 2 aromatic heterocycles. The molecule has 1 fully saturated rings. The molecule has 1 saturated heterocycles. The molecule has 1 aromatic carbocycles. The maximum Gasteiger partial charge on any atom is 0.326 e. The lowest BCUT2D eigenvalue weighted by Crippen LogP contribution is -2.38. The summed E-state index contributed by atoms with van der Waals surface area (Å²) in [6.45, 7) is 11.0. The van der Waals surface area contributed by atoms with E-state index in [1.807, 2.05) is 45.0 Å². The van der Waals surface area contributed by atoms with Crippen LogP contribution < -0.4 is 15.4 Å². The van der Waals surface area contributed by atoms with Gasteiger partial charge in [-0.05, 0) is 36.4 Å². The Balaban J connectivity index is 1.24. The Bertz CT molecular complexity index is 1200. The second-order valence-electron chi connectivity index (χ2n) is 9.41. The maximum absolute atomic E-state index is 12.2. The molecule has 4 rings (SSSR count). The first kappa shape index (κ1) is 25.2. The van der Waals surface area contributed by atoms with E-state index in [1.54, 1.807) is 24.4 Å². The Morgan fingerprint density at radius 2 is 1.72 bits per heavy atom. The Kier molecular flexibility index (Phi) is 8.21. The van der Waals surface area contributed by atoms with Crippen LogP contribution in [0, 0.1) is 11.8 Å². The molecule has 2 amide bonds. The summed E-state index contributed by atoms with van der Waals surface area (Å²) >= 11 is 0. The van der Waals surface area contributed by atoms with Crippen molar-refractivity contribution in [1.29, 1.82) is 0 Å². The number of morpholine rings is 1. The zero-order valence-corrected chi connectivity index (χ0v) is 20.8. The highest BCUT2D eigenvalue weighted by Gasteiger charge is 2.20. The minimum atomic E-state index is -0.456. The van der Waals surface area contributed by atoms with E-state index >= 15 is 0 Å². The van der Waals surface area contributed by atoms with Gasteiger partial charge in [-0.2, -0.15) is 0 Å². The first-order chi connectivity index (χ1) is 17.3. The third kappa shape index (κ3) is 7.57. The molecule has 0 saturated carbocycles. The van der Waals surface area contributed by atoms with E-state index in [-0.39, 0.29) is 5.41 Å². The van der Waals surface area contributed by atoms with Crippen LogP contribution in [0.5, 0.6) is 5.75 Å². The molecule has 0 radical (unpaired) electrons. The van der Waals surface area contributed by atoms with Crippen LogP contribution in [-0.4, -0.2) is 60.5 Å². The van der Waals surface area contributed by atoms with Crippen molar-refractivity contribution in [3.63, 3.8) is 0 Å². The van der Waals surface area contributed by atoms with Crippen LogP contribution in [0.1, 0.15) is 37.7 Å². The van der Waals surface area contributed by atoms with Crippen LogP contribution in [0.4, 0.5) is 16.4 Å². The van der Waals surface area contributed by atoms with Gasteiger partial charge in [-0.25, -0.2) is 9.78 Å². The summed E-state index contributed by atoms with van der Waals surface area (Å²) in [4.78, 5) is 18.8. The van der Waals surface area contributed by atoms with Gasteiger partial charge in [-0.1, -0.05) is 37.8 Å². The summed E-state index contributed by atoms with van der Waals surface area (Å²) in [5, 5.41) is 9.18. The van der Waals surface area contributed by atoms with Crippen molar-refractivity contribution in [2.45, 2.75) is 26.2 Å². The fraction of sp³-hybridized carbons (Fsp3) is 0.370. The number of anilines is 2. The first-order valence-corrected chi connectivity index (χ1v) is 11.9. The topological polar surface area (TPSA) is 102 Å². The molecular weight excluding hydrogens is 458 g/mol. The molecular formula is C27H31N5O4. The van der Waals surface area contributed by atoms with Crippen molar-refractivity contribution in [3.8, 4) is 17.6 Å². The number of amides is 2. The van der Waals surface area contributed by atoms with Crippen molar-refractivity contribution in [2.24, 2.45) is 0 Å². The third-order valence-electron chi connectivity index (χ3n) is 5.48. The largest absolute Gasteiger partial charge is 0.492 e. The van der Waals surface area contributed by atoms with E-state index in [1.165, 1.54) is 0 Å². The highest BCUT2D eigenvalue weighted by molar-refractivity contribution is 5.98. The number of hydrogen-bond acceptors (Lipinski definition) is 7. The van der Waals surface area contributed by atoms with E-state index in [9.17, 15) is 4.79 Å². The van der Waals surface area contributed by atoms with Crippen molar-refractivity contribution < 1.29 is 18.8 Å². The first-order valence-electron chi connectivity index (χ1n) is 11.9. The normalized spacial score (nSPS) is 14.0. The molecule has 0 atom stereocenters. The summed E-state index contributed by atoms with van der Waals surface area (Å²) in [6.07, 6.45) is 1.61. The fourth-order valence-corrected chi connectivity index (χ4v) is 3.39. The Hall–Kier alpha value is -3.87. The standard InChI is InChI=1S/C27H31N5O4/c1-27(2,3)23-18-25(31-36-23)30-26(33)29-24-11-8-21(19-28-24)5-4-20-6-9-22(10-7-20)35-17-14-32-12-15-34-16-13-32/h6-11,18-19H,12-17H2,1-3H3,(H2,28,29,30,31,33). The van der Waals surface area contributed by atoms with Crippen LogP contribution in [0.25, 0.3) is 0 Å². The van der Waals surface area contributed by atoms with Gasteiger partial charge in [0.05, 0.1) is 13.2 Å². The van der Waals surface area contributed by atoms with Gasteiger partial charge in [0, 0.05) is 48.4 Å². The minimum absolute atomic E-state index is 0.194. The van der Waals surface area contributed by atoms with Crippen LogP contribution in [0.2, 0.25) is 0 Å². The zero-order chi connectivity index (χ0) is 25.4. The second-order valence-corrected chi connectivity index (χ2v) is 9.41. The summed E-state index contributed by atoms with van der Waals surface area (Å²) < 4.78 is 16.5. The van der Waals surface area contributed by atoms with Crippen LogP contribution in [0.3, 0.4) is 0 Å². The van der Waals surface area contributed by atoms with E-state index in [4.69, 9.17) is 14.0 Å². The lowest BCUT2D eigenvalue weighted by Gasteiger charge is -2.26.